The molecule has 0 aromatic heterocycles. The zero-order chi connectivity index (χ0) is 24.3. The van der Waals surface area contributed by atoms with Crippen molar-refractivity contribution in [2.75, 3.05) is 28.2 Å². The third-order valence-corrected chi connectivity index (χ3v) is 10.7. The van der Waals surface area contributed by atoms with E-state index in [9.17, 15) is 13.2 Å². The second-order valence-corrected chi connectivity index (χ2v) is 14.3. The standard InChI is InChI=1S/C28H34N2O3S2.H2/c1-35(32,33)29-22-8-9-25-24(17-22)28(14-12-27(10-11-27)13-15-28)19-30(25)26(31)21-6-3-7-23(16-21)34-18-20-4-2-5-20;/h3,6-9,16-17,20,29H,2,4-5,10-15,18-19H2,1H3;1H. The second kappa shape index (κ2) is 8.55. The molecular weight excluding hydrogens is 476 g/mol. The Bertz CT molecular complexity index is 1260. The lowest BCUT2D eigenvalue weighted by atomic mass is 9.66. The number of hydrogen-bond donors (Lipinski definition) is 1. The molecule has 1 amide bonds. The fourth-order valence-corrected chi connectivity index (χ4v) is 7.94. The number of carbonyl (C=O) groups excluding carboxylic acids is 1. The van der Waals surface area contributed by atoms with Crippen LogP contribution in [-0.4, -0.2) is 32.9 Å². The highest BCUT2D eigenvalue weighted by Crippen LogP contribution is 2.62. The average molecular weight is 513 g/mol. The zero-order valence-electron chi connectivity index (χ0n) is 20.4. The minimum Gasteiger partial charge on any atom is -0.307 e. The van der Waals surface area contributed by atoms with Crippen LogP contribution in [0, 0.1) is 11.3 Å². The van der Waals surface area contributed by atoms with E-state index in [1.807, 2.05) is 40.9 Å². The minimum absolute atomic E-state index is 0. The fourth-order valence-electron chi connectivity index (χ4n) is 6.24. The molecule has 0 unspecified atom stereocenters. The van der Waals surface area contributed by atoms with E-state index >= 15 is 0 Å². The molecule has 0 atom stereocenters. The van der Waals surface area contributed by atoms with Crippen molar-refractivity contribution in [3.05, 3.63) is 53.6 Å². The molecule has 4 aliphatic rings. The van der Waals surface area contributed by atoms with E-state index in [4.69, 9.17) is 0 Å². The lowest BCUT2D eigenvalue weighted by Crippen LogP contribution is -2.39. The highest BCUT2D eigenvalue weighted by atomic mass is 32.2. The van der Waals surface area contributed by atoms with Crippen LogP contribution in [0.4, 0.5) is 11.4 Å². The summed E-state index contributed by atoms with van der Waals surface area (Å²) in [5.74, 6) is 2.00. The molecule has 0 radical (unpaired) electrons. The molecule has 0 saturated heterocycles. The molecule has 3 fully saturated rings. The molecule has 1 N–H and O–H groups in total. The van der Waals surface area contributed by atoms with E-state index < -0.39 is 10.0 Å². The number of sulfonamides is 1. The zero-order valence-corrected chi connectivity index (χ0v) is 22.0. The molecule has 2 spiro atoms. The van der Waals surface area contributed by atoms with Crippen molar-refractivity contribution in [2.24, 2.45) is 11.3 Å². The SMILES string of the molecule is CS(=O)(=O)Nc1ccc2c(c1)C1(CCC3(CC3)CC1)CN2C(=O)c1cccc(SCC2CCC2)c1.[HH]. The minimum atomic E-state index is -3.37. The number of nitrogens with zero attached hydrogens (tertiary/aromatic N) is 1. The van der Waals surface area contributed by atoms with Gasteiger partial charge in [-0.3, -0.25) is 9.52 Å². The van der Waals surface area contributed by atoms with Gasteiger partial charge >= 0.3 is 0 Å². The van der Waals surface area contributed by atoms with Gasteiger partial charge in [0.05, 0.1) is 6.26 Å². The van der Waals surface area contributed by atoms with Crippen LogP contribution in [0.15, 0.2) is 47.4 Å². The Morgan fingerprint density at radius 1 is 1.09 bits per heavy atom. The first-order valence-electron chi connectivity index (χ1n) is 12.9. The van der Waals surface area contributed by atoms with Crippen LogP contribution >= 0.6 is 11.8 Å². The first kappa shape index (κ1) is 23.4. The van der Waals surface area contributed by atoms with Gasteiger partial charge in [0, 0.05) is 41.0 Å². The number of rotatable bonds is 6. The number of hydrogen-bond acceptors (Lipinski definition) is 4. The molecule has 5 nitrogen and oxygen atoms in total. The molecule has 3 saturated carbocycles. The summed E-state index contributed by atoms with van der Waals surface area (Å²) in [6.45, 7) is 0.680. The highest BCUT2D eigenvalue weighted by Gasteiger charge is 2.53. The second-order valence-electron chi connectivity index (χ2n) is 11.4. The number of anilines is 2. The predicted molar refractivity (Wildman–Crippen MR) is 145 cm³/mol. The van der Waals surface area contributed by atoms with Crippen molar-refractivity contribution in [1.29, 1.82) is 0 Å². The van der Waals surface area contributed by atoms with Crippen LogP contribution < -0.4 is 9.62 Å². The van der Waals surface area contributed by atoms with E-state index in [0.717, 1.165) is 46.2 Å². The Morgan fingerprint density at radius 2 is 1.83 bits per heavy atom. The maximum absolute atomic E-state index is 13.9. The van der Waals surface area contributed by atoms with E-state index in [-0.39, 0.29) is 12.7 Å². The van der Waals surface area contributed by atoms with Crippen molar-refractivity contribution >= 4 is 39.1 Å². The predicted octanol–water partition coefficient (Wildman–Crippen LogP) is 6.45. The van der Waals surface area contributed by atoms with E-state index in [1.165, 1.54) is 51.2 Å². The molecule has 0 bridgehead atoms. The lowest BCUT2D eigenvalue weighted by molar-refractivity contribution is 0.0980. The number of amides is 1. The van der Waals surface area contributed by atoms with Crippen LogP contribution in [0.5, 0.6) is 0 Å². The Labute approximate surface area is 214 Å². The summed E-state index contributed by atoms with van der Waals surface area (Å²) in [4.78, 5) is 17.0. The summed E-state index contributed by atoms with van der Waals surface area (Å²) in [7, 11) is -3.37. The van der Waals surface area contributed by atoms with Crippen molar-refractivity contribution in [3.63, 3.8) is 0 Å². The molecule has 6 rings (SSSR count). The van der Waals surface area contributed by atoms with Crippen LogP contribution in [-0.2, 0) is 15.4 Å². The van der Waals surface area contributed by atoms with Gasteiger partial charge in [0.25, 0.3) is 5.91 Å². The third kappa shape index (κ3) is 4.62. The van der Waals surface area contributed by atoms with Gasteiger partial charge in [0.15, 0.2) is 0 Å². The summed E-state index contributed by atoms with van der Waals surface area (Å²) in [5, 5.41) is 0. The van der Waals surface area contributed by atoms with E-state index in [2.05, 4.69) is 16.9 Å². The van der Waals surface area contributed by atoms with Gasteiger partial charge in [-0.25, -0.2) is 8.42 Å². The van der Waals surface area contributed by atoms with Gasteiger partial charge in [-0.1, -0.05) is 12.5 Å². The van der Waals surface area contributed by atoms with Gasteiger partial charge in [0.2, 0.25) is 10.0 Å². The van der Waals surface area contributed by atoms with Crippen LogP contribution in [0.2, 0.25) is 0 Å². The smallest absolute Gasteiger partial charge is 0.258 e. The molecule has 7 heteroatoms. The van der Waals surface area contributed by atoms with Crippen LogP contribution in [0.3, 0.4) is 0 Å². The van der Waals surface area contributed by atoms with Crippen molar-refractivity contribution in [1.82, 2.24) is 0 Å². The van der Waals surface area contributed by atoms with Crippen molar-refractivity contribution in [2.45, 2.75) is 68.1 Å². The van der Waals surface area contributed by atoms with Gasteiger partial charge in [-0.05, 0) is 105 Å². The Balaban J connectivity index is 0.00000267. The Morgan fingerprint density at radius 3 is 2.49 bits per heavy atom. The van der Waals surface area contributed by atoms with Crippen molar-refractivity contribution in [3.8, 4) is 0 Å². The summed E-state index contributed by atoms with van der Waals surface area (Å²) >= 11 is 1.86. The summed E-state index contributed by atoms with van der Waals surface area (Å²) in [5.41, 5.74) is 3.83. The molecule has 35 heavy (non-hydrogen) atoms. The van der Waals surface area contributed by atoms with Gasteiger partial charge < -0.3 is 4.90 Å². The van der Waals surface area contributed by atoms with Crippen LogP contribution in [0.1, 0.15) is 75.1 Å². The molecule has 1 heterocycles. The fraction of sp³-hybridized carbons (Fsp3) is 0.536. The van der Waals surface area contributed by atoms with Gasteiger partial charge in [0.1, 0.15) is 0 Å². The largest absolute Gasteiger partial charge is 0.307 e. The van der Waals surface area contributed by atoms with E-state index in [1.54, 1.807) is 6.07 Å². The number of benzene rings is 2. The third-order valence-electron chi connectivity index (χ3n) is 8.88. The normalized spacial score (nSPS) is 22.1. The first-order valence-corrected chi connectivity index (χ1v) is 15.8. The maximum Gasteiger partial charge on any atom is 0.258 e. The van der Waals surface area contributed by atoms with Crippen molar-refractivity contribution < 1.29 is 14.6 Å². The number of nitrogens with one attached hydrogen (secondary N) is 1. The number of thioether (sulfide) groups is 1. The summed E-state index contributed by atoms with van der Waals surface area (Å²) < 4.78 is 26.4. The Hall–Kier alpha value is -1.99. The number of fused-ring (bicyclic) bond motifs is 2. The molecule has 2 aromatic rings. The first-order chi connectivity index (χ1) is 16.7. The van der Waals surface area contributed by atoms with Crippen LogP contribution in [0.25, 0.3) is 0 Å². The highest BCUT2D eigenvalue weighted by molar-refractivity contribution is 7.99. The summed E-state index contributed by atoms with van der Waals surface area (Å²) in [6.07, 6.45) is 12.4. The molecular formula is C28H36N2O3S2. The lowest BCUT2D eigenvalue weighted by Gasteiger charge is -2.38. The van der Waals surface area contributed by atoms with Gasteiger partial charge in [-0.2, -0.15) is 0 Å². The maximum atomic E-state index is 13.9. The Kier molecular flexibility index (Phi) is 5.72. The number of carbonyl (C=O) groups is 1. The molecule has 1 aliphatic heterocycles. The summed E-state index contributed by atoms with van der Waals surface area (Å²) in [6, 6.07) is 13.8. The average Bonchev–Trinajstić information content (AvgIpc) is 3.49. The molecule has 3 aliphatic carbocycles. The van der Waals surface area contributed by atoms with E-state index in [0.29, 0.717) is 17.6 Å². The molecule has 188 valence electrons. The van der Waals surface area contributed by atoms with Gasteiger partial charge in [-0.15, -0.1) is 11.8 Å². The quantitative estimate of drug-likeness (QED) is 0.452. The molecule has 2 aromatic carbocycles. The monoisotopic (exact) mass is 512 g/mol. The topological polar surface area (TPSA) is 66.5 Å².